The Morgan fingerprint density at radius 2 is 1.61 bits per heavy atom. The number of ether oxygens (including phenoxy) is 3. The highest BCUT2D eigenvalue weighted by Gasteiger charge is 2.46. The molecular formula is C28H26ClNO6. The van der Waals surface area contributed by atoms with Crippen molar-refractivity contribution in [2.24, 2.45) is 0 Å². The number of likely N-dealkylation sites (tertiary alicyclic amines) is 1. The topological polar surface area (TPSA) is 85.3 Å². The van der Waals surface area contributed by atoms with Crippen LogP contribution in [0.15, 0.2) is 72.3 Å². The summed E-state index contributed by atoms with van der Waals surface area (Å²) in [6.07, 6.45) is 0.497. The van der Waals surface area contributed by atoms with Crippen molar-refractivity contribution in [2.75, 3.05) is 27.9 Å². The lowest BCUT2D eigenvalue weighted by Gasteiger charge is -2.26. The molecule has 1 fully saturated rings. The number of nitrogens with zero attached hydrogens (tertiary/aromatic N) is 1. The number of carbonyl (C=O) groups excluding carboxylic acids is 2. The molecule has 0 spiro atoms. The van der Waals surface area contributed by atoms with E-state index in [1.165, 1.54) is 25.2 Å². The smallest absolute Gasteiger partial charge is 0.295 e. The molecule has 4 rings (SSSR count). The Bertz CT molecular complexity index is 1320. The number of benzene rings is 3. The highest BCUT2D eigenvalue weighted by Crippen LogP contribution is 2.43. The van der Waals surface area contributed by atoms with Gasteiger partial charge in [-0.3, -0.25) is 9.59 Å². The first-order valence-electron chi connectivity index (χ1n) is 11.3. The number of ketones is 1. The second kappa shape index (κ2) is 10.7. The number of para-hydroxylation sites is 1. The van der Waals surface area contributed by atoms with Crippen molar-refractivity contribution in [1.82, 2.24) is 4.90 Å². The van der Waals surface area contributed by atoms with Crippen LogP contribution in [0.3, 0.4) is 0 Å². The van der Waals surface area contributed by atoms with Crippen LogP contribution in [0.4, 0.5) is 0 Å². The van der Waals surface area contributed by atoms with Gasteiger partial charge in [-0.1, -0.05) is 41.9 Å². The normalized spacial score (nSPS) is 16.8. The Balaban J connectivity index is 1.79. The van der Waals surface area contributed by atoms with Crippen molar-refractivity contribution in [3.8, 4) is 17.2 Å². The summed E-state index contributed by atoms with van der Waals surface area (Å²) in [5.74, 6) is -0.135. The van der Waals surface area contributed by atoms with Crippen LogP contribution in [0.25, 0.3) is 5.76 Å². The Labute approximate surface area is 214 Å². The van der Waals surface area contributed by atoms with E-state index in [1.807, 2.05) is 24.3 Å². The van der Waals surface area contributed by atoms with Crippen LogP contribution in [0.1, 0.15) is 22.7 Å². The van der Waals surface area contributed by atoms with Crippen LogP contribution < -0.4 is 14.2 Å². The van der Waals surface area contributed by atoms with E-state index in [9.17, 15) is 14.7 Å². The van der Waals surface area contributed by atoms with Gasteiger partial charge in [-0.15, -0.1) is 0 Å². The van der Waals surface area contributed by atoms with E-state index in [-0.39, 0.29) is 22.9 Å². The van der Waals surface area contributed by atoms with Crippen LogP contribution in [0.5, 0.6) is 17.2 Å². The number of amides is 1. The minimum absolute atomic E-state index is 0.0273. The summed E-state index contributed by atoms with van der Waals surface area (Å²) >= 11 is 6.26. The Morgan fingerprint density at radius 3 is 2.25 bits per heavy atom. The predicted molar refractivity (Wildman–Crippen MR) is 137 cm³/mol. The standard InChI is InChI=1S/C28H26ClNO6/c1-34-19-11-8-17(9-12-19)14-15-30-25(20-6-4-5-7-22(20)35-2)24(27(32)28(30)33)26(31)18-10-13-23(36-3)21(29)16-18/h4-13,16,25,31H,14-15H2,1-3H3/b26-24+. The summed E-state index contributed by atoms with van der Waals surface area (Å²) in [5, 5.41) is 11.5. The summed E-state index contributed by atoms with van der Waals surface area (Å²) in [7, 11) is 4.60. The molecule has 0 saturated carbocycles. The van der Waals surface area contributed by atoms with Gasteiger partial charge in [0.25, 0.3) is 11.7 Å². The van der Waals surface area contributed by atoms with Crippen molar-refractivity contribution in [2.45, 2.75) is 12.5 Å². The molecular weight excluding hydrogens is 482 g/mol. The molecule has 3 aromatic rings. The lowest BCUT2D eigenvalue weighted by molar-refractivity contribution is -0.139. The number of rotatable bonds is 8. The van der Waals surface area contributed by atoms with E-state index < -0.39 is 17.7 Å². The van der Waals surface area contributed by atoms with Crippen molar-refractivity contribution < 1.29 is 28.9 Å². The van der Waals surface area contributed by atoms with Crippen molar-refractivity contribution in [1.29, 1.82) is 0 Å². The second-order valence-electron chi connectivity index (χ2n) is 8.18. The molecule has 186 valence electrons. The van der Waals surface area contributed by atoms with E-state index in [2.05, 4.69) is 0 Å². The number of hydrogen-bond acceptors (Lipinski definition) is 6. The highest BCUT2D eigenvalue weighted by atomic mass is 35.5. The quantitative estimate of drug-likeness (QED) is 0.261. The summed E-state index contributed by atoms with van der Waals surface area (Å²) in [4.78, 5) is 28.0. The van der Waals surface area contributed by atoms with Gasteiger partial charge < -0.3 is 24.2 Å². The van der Waals surface area contributed by atoms with Gasteiger partial charge in [-0.05, 0) is 48.4 Å². The molecule has 1 aliphatic rings. The van der Waals surface area contributed by atoms with E-state index in [0.717, 1.165) is 11.3 Å². The fourth-order valence-electron chi connectivity index (χ4n) is 4.34. The monoisotopic (exact) mass is 507 g/mol. The summed E-state index contributed by atoms with van der Waals surface area (Å²) in [5.41, 5.74) is 1.84. The van der Waals surface area contributed by atoms with E-state index in [1.54, 1.807) is 43.5 Å². The maximum Gasteiger partial charge on any atom is 0.295 e. The number of aliphatic hydroxyl groups excluding tert-OH is 1. The molecule has 0 aromatic heterocycles. The predicted octanol–water partition coefficient (Wildman–Crippen LogP) is 5.03. The molecule has 8 heteroatoms. The van der Waals surface area contributed by atoms with Crippen LogP contribution in [-0.4, -0.2) is 49.6 Å². The maximum atomic E-state index is 13.3. The van der Waals surface area contributed by atoms with Gasteiger partial charge in [0.05, 0.1) is 38.0 Å². The molecule has 0 radical (unpaired) electrons. The lowest BCUT2D eigenvalue weighted by atomic mass is 9.94. The Morgan fingerprint density at radius 1 is 0.917 bits per heavy atom. The van der Waals surface area contributed by atoms with Gasteiger partial charge >= 0.3 is 0 Å². The van der Waals surface area contributed by atoms with Crippen LogP contribution >= 0.6 is 11.6 Å². The average Bonchev–Trinajstić information content (AvgIpc) is 3.16. The van der Waals surface area contributed by atoms with Gasteiger partial charge in [0.1, 0.15) is 23.0 Å². The third-order valence-electron chi connectivity index (χ3n) is 6.20. The molecule has 36 heavy (non-hydrogen) atoms. The third kappa shape index (κ3) is 4.75. The molecule has 1 unspecified atom stereocenters. The molecule has 1 saturated heterocycles. The van der Waals surface area contributed by atoms with Gasteiger partial charge in [0.2, 0.25) is 0 Å². The zero-order valence-electron chi connectivity index (χ0n) is 20.2. The fourth-order valence-corrected chi connectivity index (χ4v) is 4.59. The van der Waals surface area contributed by atoms with Gasteiger partial charge in [0.15, 0.2) is 0 Å². The molecule has 1 aliphatic heterocycles. The molecule has 0 aliphatic carbocycles. The highest BCUT2D eigenvalue weighted by molar-refractivity contribution is 6.46. The first-order chi connectivity index (χ1) is 17.4. The first-order valence-corrected chi connectivity index (χ1v) is 11.7. The largest absolute Gasteiger partial charge is 0.507 e. The van der Waals surface area contributed by atoms with Gasteiger partial charge in [0, 0.05) is 17.7 Å². The summed E-state index contributed by atoms with van der Waals surface area (Å²) in [6.45, 7) is 0.250. The minimum atomic E-state index is -0.847. The van der Waals surface area contributed by atoms with Crippen molar-refractivity contribution >= 4 is 29.1 Å². The zero-order valence-corrected chi connectivity index (χ0v) is 20.9. The van der Waals surface area contributed by atoms with E-state index in [0.29, 0.717) is 29.0 Å². The van der Waals surface area contributed by atoms with Crippen molar-refractivity contribution in [3.05, 3.63) is 94.0 Å². The number of Topliss-reactive ketones (excluding diaryl/α,β-unsaturated/α-hetero) is 1. The number of aliphatic hydroxyl groups is 1. The van der Waals surface area contributed by atoms with Crippen molar-refractivity contribution in [3.63, 3.8) is 0 Å². The van der Waals surface area contributed by atoms with Crippen LogP contribution in [0.2, 0.25) is 5.02 Å². The number of methoxy groups -OCH3 is 3. The van der Waals surface area contributed by atoms with Crippen LogP contribution in [0, 0.1) is 0 Å². The first kappa shape index (κ1) is 25.1. The Kier molecular flexibility index (Phi) is 7.50. The molecule has 1 heterocycles. The zero-order chi connectivity index (χ0) is 25.8. The third-order valence-corrected chi connectivity index (χ3v) is 6.49. The fraction of sp³-hybridized carbons (Fsp3) is 0.214. The SMILES string of the molecule is COc1ccc(CCN2C(=O)C(=O)/C(=C(/O)c3ccc(OC)c(Cl)c3)C2c2ccccc2OC)cc1. The van der Waals surface area contributed by atoms with Gasteiger partial charge in [-0.2, -0.15) is 0 Å². The second-order valence-corrected chi connectivity index (χ2v) is 8.59. The number of carbonyl (C=O) groups is 2. The number of halogens is 1. The van der Waals surface area contributed by atoms with E-state index in [4.69, 9.17) is 25.8 Å². The van der Waals surface area contributed by atoms with E-state index >= 15 is 0 Å². The van der Waals surface area contributed by atoms with Crippen LogP contribution in [-0.2, 0) is 16.0 Å². The maximum absolute atomic E-state index is 13.3. The molecule has 1 N–H and O–H groups in total. The molecule has 3 aromatic carbocycles. The molecule has 0 bridgehead atoms. The molecule has 1 atom stereocenters. The molecule has 1 amide bonds. The Hall–Kier alpha value is -3.97. The lowest BCUT2D eigenvalue weighted by Crippen LogP contribution is -2.31. The average molecular weight is 508 g/mol. The summed E-state index contributed by atoms with van der Waals surface area (Å²) in [6, 6.07) is 18.5. The minimum Gasteiger partial charge on any atom is -0.507 e. The summed E-state index contributed by atoms with van der Waals surface area (Å²) < 4.78 is 15.9. The van der Waals surface area contributed by atoms with Gasteiger partial charge in [-0.25, -0.2) is 0 Å². The number of hydrogen-bond donors (Lipinski definition) is 1. The molecule has 7 nitrogen and oxygen atoms in total.